The molecule has 4 heteroatoms. The lowest BCUT2D eigenvalue weighted by molar-refractivity contribution is -0.345. The van der Waals surface area contributed by atoms with E-state index in [1.54, 1.807) is 0 Å². The van der Waals surface area contributed by atoms with Gasteiger partial charge in [-0.25, -0.2) is 0 Å². The third kappa shape index (κ3) is 7.78. The molecule has 0 spiro atoms. The first-order chi connectivity index (χ1) is 12.3. The SMILES string of the molecule is CCC(CCC(C)C)C1CCC(CC2CCC(OC(F)(F)F)CC2)CC1. The molecular weight excluding hydrogens is 337 g/mol. The number of ether oxygens (including phenoxy) is 1. The molecule has 1 unspecified atom stereocenters. The van der Waals surface area contributed by atoms with Gasteiger partial charge < -0.3 is 0 Å². The average molecular weight is 377 g/mol. The van der Waals surface area contributed by atoms with Crippen LogP contribution in [0.15, 0.2) is 0 Å². The van der Waals surface area contributed by atoms with E-state index in [9.17, 15) is 13.2 Å². The molecule has 0 aromatic heterocycles. The molecule has 0 radical (unpaired) electrons. The van der Waals surface area contributed by atoms with Crippen LogP contribution in [0.1, 0.15) is 97.8 Å². The van der Waals surface area contributed by atoms with Crippen LogP contribution in [0.3, 0.4) is 0 Å². The van der Waals surface area contributed by atoms with Gasteiger partial charge in [-0.05, 0) is 81.0 Å². The van der Waals surface area contributed by atoms with Gasteiger partial charge in [-0.2, -0.15) is 0 Å². The molecule has 0 aromatic carbocycles. The summed E-state index contributed by atoms with van der Waals surface area (Å²) in [6.07, 6.45) is 8.58. The highest BCUT2D eigenvalue weighted by molar-refractivity contribution is 4.81. The summed E-state index contributed by atoms with van der Waals surface area (Å²) in [5.41, 5.74) is 0. The smallest absolute Gasteiger partial charge is 0.289 e. The van der Waals surface area contributed by atoms with Crippen LogP contribution in [-0.2, 0) is 4.74 Å². The Labute approximate surface area is 158 Å². The highest BCUT2D eigenvalue weighted by Gasteiger charge is 2.36. The predicted octanol–water partition coefficient (Wildman–Crippen LogP) is 7.74. The molecule has 0 heterocycles. The number of alkyl halides is 3. The highest BCUT2D eigenvalue weighted by atomic mass is 19.4. The molecule has 2 saturated carbocycles. The van der Waals surface area contributed by atoms with Crippen LogP contribution in [0.25, 0.3) is 0 Å². The van der Waals surface area contributed by atoms with Gasteiger partial charge >= 0.3 is 6.36 Å². The molecule has 2 fully saturated rings. The van der Waals surface area contributed by atoms with E-state index in [1.807, 2.05) is 0 Å². The molecule has 0 N–H and O–H groups in total. The van der Waals surface area contributed by atoms with Crippen molar-refractivity contribution in [3.8, 4) is 0 Å². The molecule has 1 nitrogen and oxygen atoms in total. The summed E-state index contributed by atoms with van der Waals surface area (Å²) in [4.78, 5) is 0. The zero-order valence-electron chi connectivity index (χ0n) is 17.0. The minimum Gasteiger partial charge on any atom is -0.289 e. The Morgan fingerprint density at radius 3 is 1.85 bits per heavy atom. The predicted molar refractivity (Wildman–Crippen MR) is 101 cm³/mol. The first-order valence-electron chi connectivity index (χ1n) is 11.0. The van der Waals surface area contributed by atoms with Gasteiger partial charge in [0.2, 0.25) is 0 Å². The van der Waals surface area contributed by atoms with E-state index in [0.29, 0.717) is 18.8 Å². The quantitative estimate of drug-likeness (QED) is 0.421. The molecule has 2 aliphatic carbocycles. The van der Waals surface area contributed by atoms with Gasteiger partial charge in [0, 0.05) is 0 Å². The Hall–Kier alpha value is -0.250. The van der Waals surface area contributed by atoms with Crippen molar-refractivity contribution in [2.24, 2.45) is 29.6 Å². The number of hydrogen-bond acceptors (Lipinski definition) is 1. The van der Waals surface area contributed by atoms with Gasteiger partial charge in [0.05, 0.1) is 6.10 Å². The van der Waals surface area contributed by atoms with Crippen LogP contribution in [-0.4, -0.2) is 12.5 Å². The summed E-state index contributed by atoms with van der Waals surface area (Å²) in [6.45, 7) is 6.98. The van der Waals surface area contributed by atoms with E-state index in [1.165, 1.54) is 51.4 Å². The lowest BCUT2D eigenvalue weighted by Gasteiger charge is -2.36. The first-order valence-corrected chi connectivity index (χ1v) is 11.0. The fourth-order valence-corrected chi connectivity index (χ4v) is 5.36. The maximum atomic E-state index is 12.3. The van der Waals surface area contributed by atoms with Gasteiger partial charge in [0.25, 0.3) is 0 Å². The Kier molecular flexibility index (Phi) is 8.76. The average Bonchev–Trinajstić information content (AvgIpc) is 2.57. The zero-order valence-corrected chi connectivity index (χ0v) is 17.0. The van der Waals surface area contributed by atoms with Crippen molar-refractivity contribution in [3.63, 3.8) is 0 Å². The van der Waals surface area contributed by atoms with Crippen molar-refractivity contribution in [3.05, 3.63) is 0 Å². The Morgan fingerprint density at radius 2 is 1.38 bits per heavy atom. The third-order valence-corrected chi connectivity index (χ3v) is 6.96. The summed E-state index contributed by atoms with van der Waals surface area (Å²) in [6, 6.07) is 0. The summed E-state index contributed by atoms with van der Waals surface area (Å²) in [5, 5.41) is 0. The topological polar surface area (TPSA) is 9.23 Å². The summed E-state index contributed by atoms with van der Waals surface area (Å²) in [7, 11) is 0. The van der Waals surface area contributed by atoms with Crippen molar-refractivity contribution in [2.45, 2.75) is 110 Å². The maximum Gasteiger partial charge on any atom is 0.522 e. The third-order valence-electron chi connectivity index (χ3n) is 6.96. The fourth-order valence-electron chi connectivity index (χ4n) is 5.36. The normalized spacial score (nSPS) is 32.0. The standard InChI is InChI=1S/C22H39F3O/c1-4-19(10-5-16(2)3)20-11-6-17(7-12-20)15-18-8-13-21(14-9-18)26-22(23,24)25/h16-21H,4-15H2,1-3H3. The van der Waals surface area contributed by atoms with E-state index in [0.717, 1.165) is 36.5 Å². The van der Waals surface area contributed by atoms with Crippen LogP contribution in [0, 0.1) is 29.6 Å². The second-order valence-electron chi connectivity index (χ2n) is 9.36. The van der Waals surface area contributed by atoms with E-state index in [-0.39, 0.29) is 0 Å². The van der Waals surface area contributed by atoms with Crippen molar-refractivity contribution in [2.75, 3.05) is 0 Å². The largest absolute Gasteiger partial charge is 0.522 e. The minimum absolute atomic E-state index is 0.576. The van der Waals surface area contributed by atoms with E-state index < -0.39 is 12.5 Å². The van der Waals surface area contributed by atoms with Crippen molar-refractivity contribution < 1.29 is 17.9 Å². The Balaban J connectivity index is 1.66. The van der Waals surface area contributed by atoms with Crippen molar-refractivity contribution in [1.82, 2.24) is 0 Å². The summed E-state index contributed by atoms with van der Waals surface area (Å²) < 4.78 is 41.2. The van der Waals surface area contributed by atoms with Gasteiger partial charge in [-0.15, -0.1) is 13.2 Å². The van der Waals surface area contributed by atoms with Crippen LogP contribution in [0.4, 0.5) is 13.2 Å². The van der Waals surface area contributed by atoms with Crippen molar-refractivity contribution >= 4 is 0 Å². The van der Waals surface area contributed by atoms with Crippen LogP contribution >= 0.6 is 0 Å². The second kappa shape index (κ2) is 10.3. The first kappa shape index (κ1) is 22.0. The highest BCUT2D eigenvalue weighted by Crippen LogP contribution is 2.41. The molecule has 0 aliphatic heterocycles. The molecule has 2 aliphatic rings. The van der Waals surface area contributed by atoms with Gasteiger partial charge in [-0.3, -0.25) is 4.74 Å². The van der Waals surface area contributed by atoms with E-state index in [4.69, 9.17) is 0 Å². The molecule has 0 saturated heterocycles. The second-order valence-corrected chi connectivity index (χ2v) is 9.36. The van der Waals surface area contributed by atoms with Crippen LogP contribution in [0.5, 0.6) is 0 Å². The molecule has 0 bridgehead atoms. The van der Waals surface area contributed by atoms with Crippen LogP contribution in [0.2, 0.25) is 0 Å². The lowest BCUT2D eigenvalue weighted by atomic mass is 9.70. The summed E-state index contributed by atoms with van der Waals surface area (Å²) in [5.74, 6) is 4.03. The maximum absolute atomic E-state index is 12.3. The summed E-state index contributed by atoms with van der Waals surface area (Å²) >= 11 is 0. The number of halogens is 3. The molecule has 26 heavy (non-hydrogen) atoms. The number of rotatable bonds is 8. The Bertz CT molecular complexity index is 377. The molecule has 2 rings (SSSR count). The Morgan fingerprint density at radius 1 is 0.846 bits per heavy atom. The monoisotopic (exact) mass is 376 g/mol. The van der Waals surface area contributed by atoms with Crippen molar-refractivity contribution in [1.29, 1.82) is 0 Å². The molecule has 0 amide bonds. The number of hydrogen-bond donors (Lipinski definition) is 0. The fraction of sp³-hybridized carbons (Fsp3) is 1.00. The molecule has 0 aromatic rings. The van der Waals surface area contributed by atoms with Crippen LogP contribution < -0.4 is 0 Å². The lowest BCUT2D eigenvalue weighted by Crippen LogP contribution is -2.29. The molecular formula is C22H39F3O. The minimum atomic E-state index is -4.47. The van der Waals surface area contributed by atoms with Gasteiger partial charge in [-0.1, -0.05) is 46.5 Å². The molecule has 154 valence electrons. The van der Waals surface area contributed by atoms with E-state index in [2.05, 4.69) is 25.5 Å². The van der Waals surface area contributed by atoms with Gasteiger partial charge in [0.15, 0.2) is 0 Å². The van der Waals surface area contributed by atoms with Gasteiger partial charge in [0.1, 0.15) is 0 Å². The zero-order chi connectivity index (χ0) is 19.2. The molecule has 1 atom stereocenters. The van der Waals surface area contributed by atoms with E-state index >= 15 is 0 Å².